The van der Waals surface area contributed by atoms with E-state index >= 15 is 0 Å². The Hall–Kier alpha value is -1.38. The number of allylic oxidation sites excluding steroid dienone is 3. The summed E-state index contributed by atoms with van der Waals surface area (Å²) in [6.45, 7) is 5.45. The molecule has 1 aliphatic rings. The second-order valence-corrected chi connectivity index (χ2v) is 3.40. The van der Waals surface area contributed by atoms with E-state index in [1.54, 1.807) is 6.92 Å². The lowest BCUT2D eigenvalue weighted by Crippen LogP contribution is -2.17. The molecule has 0 aromatic rings. The molecule has 1 unspecified atom stereocenters. The van der Waals surface area contributed by atoms with Crippen LogP contribution in [0.2, 0.25) is 0 Å². The first-order chi connectivity index (χ1) is 6.54. The fourth-order valence-electron chi connectivity index (χ4n) is 1.04. The second kappa shape index (κ2) is 4.22. The van der Waals surface area contributed by atoms with E-state index in [9.17, 15) is 9.59 Å². The maximum atomic E-state index is 11.4. The molecule has 0 fully saturated rings. The zero-order valence-corrected chi connectivity index (χ0v) is 8.66. The molecule has 14 heavy (non-hydrogen) atoms. The third-order valence-electron chi connectivity index (χ3n) is 2.14. The first kappa shape index (κ1) is 10.7. The van der Waals surface area contributed by atoms with Crippen LogP contribution in [0.15, 0.2) is 23.5 Å². The standard InChI is InChI=1S/C11H14O3/c1-4-8(3)14-11-6-9(12)7(2)5-10(11)13/h5-6,8H,4H2,1-3H3. The lowest BCUT2D eigenvalue weighted by molar-refractivity contribution is -0.118. The van der Waals surface area contributed by atoms with Crippen LogP contribution in [-0.4, -0.2) is 17.7 Å². The smallest absolute Gasteiger partial charge is 0.220 e. The predicted molar refractivity (Wildman–Crippen MR) is 52.7 cm³/mol. The summed E-state index contributed by atoms with van der Waals surface area (Å²) in [7, 11) is 0. The molecule has 0 saturated carbocycles. The first-order valence-corrected chi connectivity index (χ1v) is 4.70. The van der Waals surface area contributed by atoms with E-state index in [-0.39, 0.29) is 23.4 Å². The Morgan fingerprint density at radius 1 is 1.29 bits per heavy atom. The molecule has 1 rings (SSSR count). The molecule has 0 amide bonds. The predicted octanol–water partition coefficient (Wildman–Crippen LogP) is 1.78. The van der Waals surface area contributed by atoms with E-state index in [1.165, 1.54) is 12.2 Å². The number of carbonyl (C=O) groups is 2. The zero-order valence-electron chi connectivity index (χ0n) is 8.66. The normalized spacial score (nSPS) is 18.8. The Labute approximate surface area is 83.4 Å². The quantitative estimate of drug-likeness (QED) is 0.643. The average Bonchev–Trinajstić information content (AvgIpc) is 2.14. The van der Waals surface area contributed by atoms with Crippen molar-refractivity contribution >= 4 is 11.6 Å². The maximum absolute atomic E-state index is 11.4. The molecular weight excluding hydrogens is 180 g/mol. The van der Waals surface area contributed by atoms with E-state index in [2.05, 4.69) is 0 Å². The SMILES string of the molecule is CCC(C)OC1=CC(=O)C(C)=CC1=O. The van der Waals surface area contributed by atoms with Crippen LogP contribution < -0.4 is 0 Å². The fourth-order valence-corrected chi connectivity index (χ4v) is 1.04. The molecule has 0 spiro atoms. The minimum absolute atomic E-state index is 0.0372. The third kappa shape index (κ3) is 2.31. The lowest BCUT2D eigenvalue weighted by Gasteiger charge is -2.15. The van der Waals surface area contributed by atoms with Crippen LogP contribution in [0.4, 0.5) is 0 Å². The molecule has 0 radical (unpaired) electrons. The van der Waals surface area contributed by atoms with E-state index in [1.807, 2.05) is 13.8 Å². The zero-order chi connectivity index (χ0) is 10.7. The molecule has 0 heterocycles. The van der Waals surface area contributed by atoms with Gasteiger partial charge in [-0.25, -0.2) is 0 Å². The molecular formula is C11H14O3. The summed E-state index contributed by atoms with van der Waals surface area (Å²) < 4.78 is 5.32. The van der Waals surface area contributed by atoms with Gasteiger partial charge < -0.3 is 4.74 Å². The number of carbonyl (C=O) groups excluding carboxylic acids is 2. The van der Waals surface area contributed by atoms with Crippen molar-refractivity contribution in [3.63, 3.8) is 0 Å². The molecule has 3 heteroatoms. The van der Waals surface area contributed by atoms with Crippen molar-refractivity contribution in [1.29, 1.82) is 0 Å². The topological polar surface area (TPSA) is 43.4 Å². The highest BCUT2D eigenvalue weighted by Crippen LogP contribution is 2.14. The molecule has 76 valence electrons. The Morgan fingerprint density at radius 2 is 1.93 bits per heavy atom. The van der Waals surface area contributed by atoms with Crippen LogP contribution in [0.25, 0.3) is 0 Å². The van der Waals surface area contributed by atoms with Gasteiger partial charge in [-0.3, -0.25) is 9.59 Å². The molecule has 0 N–H and O–H groups in total. The van der Waals surface area contributed by atoms with E-state index in [0.717, 1.165) is 6.42 Å². The van der Waals surface area contributed by atoms with Gasteiger partial charge >= 0.3 is 0 Å². The molecule has 0 saturated heterocycles. The van der Waals surface area contributed by atoms with E-state index in [0.29, 0.717) is 5.57 Å². The monoisotopic (exact) mass is 194 g/mol. The summed E-state index contributed by atoms with van der Waals surface area (Å²) in [6, 6.07) is 0. The summed E-state index contributed by atoms with van der Waals surface area (Å²) in [5.74, 6) is -0.208. The summed E-state index contributed by atoms with van der Waals surface area (Å²) in [5, 5.41) is 0. The Bertz CT molecular complexity index is 323. The molecule has 1 atom stereocenters. The Kier molecular flexibility index (Phi) is 3.23. The number of hydrogen-bond donors (Lipinski definition) is 0. The highest BCUT2D eigenvalue weighted by molar-refractivity contribution is 6.18. The summed E-state index contributed by atoms with van der Waals surface area (Å²) in [5.41, 5.74) is 0.464. The highest BCUT2D eigenvalue weighted by Gasteiger charge is 2.19. The fraction of sp³-hybridized carbons (Fsp3) is 0.455. The number of rotatable bonds is 3. The minimum Gasteiger partial charge on any atom is -0.486 e. The first-order valence-electron chi connectivity index (χ1n) is 4.70. The summed E-state index contributed by atoms with van der Waals surface area (Å²) in [4.78, 5) is 22.6. The van der Waals surface area contributed by atoms with Crippen molar-refractivity contribution in [2.24, 2.45) is 0 Å². The molecule has 0 bridgehead atoms. The minimum atomic E-state index is -0.220. The number of hydrogen-bond acceptors (Lipinski definition) is 3. The van der Waals surface area contributed by atoms with Gasteiger partial charge in [0.15, 0.2) is 11.5 Å². The van der Waals surface area contributed by atoms with Crippen LogP contribution in [-0.2, 0) is 14.3 Å². The van der Waals surface area contributed by atoms with Crippen LogP contribution in [0, 0.1) is 0 Å². The van der Waals surface area contributed by atoms with Crippen molar-refractivity contribution in [3.05, 3.63) is 23.5 Å². The van der Waals surface area contributed by atoms with Crippen molar-refractivity contribution in [2.45, 2.75) is 33.3 Å². The van der Waals surface area contributed by atoms with E-state index < -0.39 is 0 Å². The second-order valence-electron chi connectivity index (χ2n) is 3.40. The number of ether oxygens (including phenoxy) is 1. The lowest BCUT2D eigenvalue weighted by atomic mass is 10.0. The third-order valence-corrected chi connectivity index (χ3v) is 2.14. The van der Waals surface area contributed by atoms with Gasteiger partial charge in [0.1, 0.15) is 0 Å². The average molecular weight is 194 g/mol. The molecule has 1 aliphatic carbocycles. The van der Waals surface area contributed by atoms with Gasteiger partial charge in [-0.1, -0.05) is 6.92 Å². The van der Waals surface area contributed by atoms with E-state index in [4.69, 9.17) is 4.74 Å². The maximum Gasteiger partial charge on any atom is 0.220 e. The Morgan fingerprint density at radius 3 is 2.50 bits per heavy atom. The van der Waals surface area contributed by atoms with Gasteiger partial charge in [0.2, 0.25) is 5.78 Å². The number of ketones is 2. The van der Waals surface area contributed by atoms with Crippen molar-refractivity contribution in [1.82, 2.24) is 0 Å². The van der Waals surface area contributed by atoms with Gasteiger partial charge in [0, 0.05) is 11.6 Å². The van der Waals surface area contributed by atoms with Crippen molar-refractivity contribution in [3.8, 4) is 0 Å². The van der Waals surface area contributed by atoms with Gasteiger partial charge in [-0.15, -0.1) is 0 Å². The molecule has 0 aliphatic heterocycles. The van der Waals surface area contributed by atoms with Crippen LogP contribution in [0.5, 0.6) is 0 Å². The van der Waals surface area contributed by atoms with Gasteiger partial charge in [-0.2, -0.15) is 0 Å². The highest BCUT2D eigenvalue weighted by atomic mass is 16.5. The largest absolute Gasteiger partial charge is 0.486 e. The van der Waals surface area contributed by atoms with Gasteiger partial charge in [0.25, 0.3) is 0 Å². The van der Waals surface area contributed by atoms with Crippen LogP contribution in [0.1, 0.15) is 27.2 Å². The van der Waals surface area contributed by atoms with Crippen LogP contribution >= 0.6 is 0 Å². The molecule has 0 aromatic carbocycles. The molecule has 3 nitrogen and oxygen atoms in total. The summed E-state index contributed by atoms with van der Waals surface area (Å²) in [6.07, 6.45) is 3.36. The summed E-state index contributed by atoms with van der Waals surface area (Å²) >= 11 is 0. The van der Waals surface area contributed by atoms with Gasteiger partial charge in [0.05, 0.1) is 6.10 Å². The van der Waals surface area contributed by atoms with Gasteiger partial charge in [-0.05, 0) is 26.3 Å². The van der Waals surface area contributed by atoms with Crippen molar-refractivity contribution < 1.29 is 14.3 Å². The Balaban J connectivity index is 2.77. The molecule has 0 aromatic heterocycles. The van der Waals surface area contributed by atoms with Crippen molar-refractivity contribution in [2.75, 3.05) is 0 Å². The van der Waals surface area contributed by atoms with Crippen LogP contribution in [0.3, 0.4) is 0 Å².